The van der Waals surface area contributed by atoms with Gasteiger partial charge in [0.25, 0.3) is 17.3 Å². The maximum atomic E-state index is 12.2. The van der Waals surface area contributed by atoms with E-state index in [0.717, 1.165) is 5.52 Å². The number of non-ortho nitro benzene ring substituents is 2. The maximum Gasteiger partial charge on any atom is 0.272 e. The fourth-order valence-corrected chi connectivity index (χ4v) is 3.74. The van der Waals surface area contributed by atoms with Gasteiger partial charge in [-0.2, -0.15) is 4.99 Å². The van der Waals surface area contributed by atoms with Gasteiger partial charge in [-0.3, -0.25) is 25.0 Å². The molecule has 0 fully saturated rings. The van der Waals surface area contributed by atoms with Crippen molar-refractivity contribution in [3.05, 3.63) is 79.1 Å². The van der Waals surface area contributed by atoms with E-state index in [4.69, 9.17) is 0 Å². The van der Waals surface area contributed by atoms with E-state index in [1.165, 1.54) is 53.8 Å². The lowest BCUT2D eigenvalue weighted by atomic mass is 10.2. The normalized spacial score (nSPS) is 12.0. The summed E-state index contributed by atoms with van der Waals surface area (Å²) in [6.07, 6.45) is 2.68. The molecule has 0 spiro atoms. The molecule has 3 aromatic rings. The molecule has 0 atom stereocenters. The molecule has 0 N–H and O–H groups in total. The van der Waals surface area contributed by atoms with E-state index in [-0.39, 0.29) is 11.4 Å². The van der Waals surface area contributed by atoms with E-state index >= 15 is 0 Å². The van der Waals surface area contributed by atoms with E-state index in [9.17, 15) is 25.0 Å². The van der Waals surface area contributed by atoms with Crippen LogP contribution in [0.5, 0.6) is 0 Å². The Balaban J connectivity index is 1.95. The largest absolute Gasteiger partial charge is 0.317 e. The Kier molecular flexibility index (Phi) is 5.41. The summed E-state index contributed by atoms with van der Waals surface area (Å²) >= 11 is 1.18. The topological polar surface area (TPSA) is 121 Å². The smallest absolute Gasteiger partial charge is 0.272 e. The summed E-state index contributed by atoms with van der Waals surface area (Å²) in [7, 11) is 0. The molecule has 0 aliphatic rings. The zero-order chi connectivity index (χ0) is 20.3. The number of aromatic nitrogens is 1. The number of hydrogen-bond donors (Lipinski definition) is 0. The minimum atomic E-state index is -0.533. The van der Waals surface area contributed by atoms with Crippen LogP contribution in [0.25, 0.3) is 16.3 Å². The van der Waals surface area contributed by atoms with Crippen molar-refractivity contribution < 1.29 is 14.6 Å². The van der Waals surface area contributed by atoms with Crippen LogP contribution in [-0.4, -0.2) is 20.3 Å². The molecule has 0 radical (unpaired) electrons. The number of aryl methyl sites for hydroxylation is 1. The first kappa shape index (κ1) is 19.1. The lowest BCUT2D eigenvalue weighted by Crippen LogP contribution is -2.15. The van der Waals surface area contributed by atoms with Crippen LogP contribution in [0, 0.1) is 20.2 Å². The minimum absolute atomic E-state index is 0.0274. The highest BCUT2D eigenvalue weighted by Crippen LogP contribution is 2.23. The van der Waals surface area contributed by atoms with Crippen LogP contribution < -0.4 is 4.80 Å². The van der Waals surface area contributed by atoms with E-state index in [2.05, 4.69) is 4.99 Å². The monoisotopic (exact) mass is 398 g/mol. The molecule has 1 amide bonds. The molecule has 0 bridgehead atoms. The summed E-state index contributed by atoms with van der Waals surface area (Å²) in [4.78, 5) is 37.5. The minimum Gasteiger partial charge on any atom is -0.317 e. The second kappa shape index (κ2) is 7.92. The third-order valence-electron chi connectivity index (χ3n) is 3.90. The van der Waals surface area contributed by atoms with Gasteiger partial charge in [0.1, 0.15) is 0 Å². The Morgan fingerprint density at radius 2 is 1.86 bits per heavy atom. The van der Waals surface area contributed by atoms with Crippen LogP contribution in [0.2, 0.25) is 0 Å². The van der Waals surface area contributed by atoms with Crippen molar-refractivity contribution in [3.63, 3.8) is 0 Å². The summed E-state index contributed by atoms with van der Waals surface area (Å²) in [5.41, 5.74) is 1.17. The van der Waals surface area contributed by atoms with Crippen LogP contribution in [0.3, 0.4) is 0 Å². The predicted octanol–water partition coefficient (Wildman–Crippen LogP) is 3.68. The van der Waals surface area contributed by atoms with Crippen LogP contribution in [0.15, 0.2) is 53.5 Å². The van der Waals surface area contributed by atoms with Gasteiger partial charge in [-0.1, -0.05) is 23.5 Å². The van der Waals surface area contributed by atoms with E-state index in [1.807, 2.05) is 6.92 Å². The number of carbonyl (C=O) groups excluding carboxylic acids is 1. The first-order chi connectivity index (χ1) is 13.4. The van der Waals surface area contributed by atoms with Gasteiger partial charge < -0.3 is 4.57 Å². The number of thiazole rings is 1. The van der Waals surface area contributed by atoms with Crippen LogP contribution in [-0.2, 0) is 11.3 Å². The molecule has 9 nitrogen and oxygen atoms in total. The van der Waals surface area contributed by atoms with Crippen LogP contribution >= 0.6 is 11.3 Å². The number of hydrogen-bond acceptors (Lipinski definition) is 6. The molecule has 10 heteroatoms. The van der Waals surface area contributed by atoms with Gasteiger partial charge in [0, 0.05) is 36.9 Å². The molecule has 3 rings (SSSR count). The summed E-state index contributed by atoms with van der Waals surface area (Å²) in [5.74, 6) is -0.533. The standard InChI is InChI=1S/C18H14N4O5S/c1-2-20-15-8-7-14(22(26)27)11-16(15)28-18(20)19-17(23)9-6-12-4-3-5-13(10-12)21(24)25/h3-11H,2H2,1H3/b9-6+,19-18?. The molecule has 0 saturated heterocycles. The Morgan fingerprint density at radius 1 is 1.14 bits per heavy atom. The Morgan fingerprint density at radius 3 is 2.54 bits per heavy atom. The first-order valence-electron chi connectivity index (χ1n) is 8.18. The molecule has 0 unspecified atom stereocenters. The number of nitrogens with zero attached hydrogens (tertiary/aromatic N) is 4. The van der Waals surface area contributed by atoms with Crippen LogP contribution in [0.4, 0.5) is 11.4 Å². The Labute approximate surface area is 162 Å². The van der Waals surface area contributed by atoms with Crippen molar-refractivity contribution in [2.75, 3.05) is 0 Å². The SMILES string of the molecule is CCn1c(=NC(=O)/C=C/c2cccc([N+](=O)[O-])c2)sc2cc([N+](=O)[O-])ccc21. The van der Waals surface area contributed by atoms with Gasteiger partial charge in [0.2, 0.25) is 0 Å². The highest BCUT2D eigenvalue weighted by molar-refractivity contribution is 7.16. The van der Waals surface area contributed by atoms with Gasteiger partial charge in [-0.05, 0) is 24.6 Å². The molecule has 28 heavy (non-hydrogen) atoms. The third-order valence-corrected chi connectivity index (χ3v) is 4.94. The number of rotatable bonds is 5. The summed E-state index contributed by atoms with van der Waals surface area (Å²) in [6.45, 7) is 2.43. The second-order valence-corrected chi connectivity index (χ2v) is 6.68. The molecule has 1 heterocycles. The Bertz CT molecular complexity index is 1190. The molecule has 1 aromatic heterocycles. The van der Waals surface area contributed by atoms with Crippen molar-refractivity contribution in [1.29, 1.82) is 0 Å². The van der Waals surface area contributed by atoms with Crippen molar-refractivity contribution in [1.82, 2.24) is 4.57 Å². The van der Waals surface area contributed by atoms with Crippen molar-refractivity contribution in [2.45, 2.75) is 13.5 Å². The zero-order valence-corrected chi connectivity index (χ0v) is 15.5. The molecule has 0 aliphatic carbocycles. The number of carbonyl (C=O) groups is 1. The van der Waals surface area contributed by atoms with E-state index < -0.39 is 15.8 Å². The maximum absolute atomic E-state index is 12.2. The number of nitro benzene ring substituents is 2. The summed E-state index contributed by atoms with van der Waals surface area (Å²) in [5, 5.41) is 21.8. The van der Waals surface area contributed by atoms with Gasteiger partial charge >= 0.3 is 0 Å². The average molecular weight is 398 g/mol. The zero-order valence-electron chi connectivity index (χ0n) is 14.6. The van der Waals surface area contributed by atoms with Crippen molar-refractivity contribution >= 4 is 44.9 Å². The lowest BCUT2D eigenvalue weighted by molar-refractivity contribution is -0.385. The molecular formula is C18H14N4O5S. The predicted molar refractivity (Wildman–Crippen MR) is 105 cm³/mol. The molecular weight excluding hydrogens is 384 g/mol. The Hall–Kier alpha value is -3.66. The van der Waals surface area contributed by atoms with E-state index in [0.29, 0.717) is 21.6 Å². The van der Waals surface area contributed by atoms with E-state index in [1.54, 1.807) is 16.7 Å². The average Bonchev–Trinajstić information content (AvgIpc) is 3.02. The number of nitro groups is 2. The van der Waals surface area contributed by atoms with Gasteiger partial charge in [-0.15, -0.1) is 0 Å². The highest BCUT2D eigenvalue weighted by atomic mass is 32.1. The van der Waals surface area contributed by atoms with Crippen molar-refractivity contribution in [3.8, 4) is 0 Å². The third kappa shape index (κ3) is 4.01. The molecule has 142 valence electrons. The second-order valence-electron chi connectivity index (χ2n) is 5.67. The van der Waals surface area contributed by atoms with Gasteiger partial charge in [0.05, 0.1) is 20.1 Å². The number of fused-ring (bicyclic) bond motifs is 1. The first-order valence-corrected chi connectivity index (χ1v) is 8.99. The van der Waals surface area contributed by atoms with Gasteiger partial charge in [0.15, 0.2) is 4.80 Å². The summed E-state index contributed by atoms with van der Waals surface area (Å²) in [6, 6.07) is 10.4. The number of benzene rings is 2. The molecule has 2 aromatic carbocycles. The number of amides is 1. The summed E-state index contributed by atoms with van der Waals surface area (Å²) < 4.78 is 2.45. The molecule has 0 aliphatic heterocycles. The van der Waals surface area contributed by atoms with Gasteiger partial charge in [-0.25, -0.2) is 0 Å². The van der Waals surface area contributed by atoms with Crippen molar-refractivity contribution in [2.24, 2.45) is 4.99 Å². The van der Waals surface area contributed by atoms with Crippen LogP contribution in [0.1, 0.15) is 12.5 Å². The lowest BCUT2D eigenvalue weighted by Gasteiger charge is -1.99. The molecule has 0 saturated carbocycles. The fraction of sp³-hybridized carbons (Fsp3) is 0.111. The highest BCUT2D eigenvalue weighted by Gasteiger charge is 2.11. The quantitative estimate of drug-likeness (QED) is 0.369. The fourth-order valence-electron chi connectivity index (χ4n) is 2.61.